The van der Waals surface area contributed by atoms with Crippen molar-refractivity contribution in [1.29, 1.82) is 0 Å². The van der Waals surface area contributed by atoms with Gasteiger partial charge in [-0.1, -0.05) is 54.9 Å². The molecule has 0 radical (unpaired) electrons. The molecule has 0 atom stereocenters. The second-order valence-corrected chi connectivity index (χ2v) is 12.3. The molecule has 3 rings (SSSR count). The second-order valence-electron chi connectivity index (χ2n) is 8.79. The number of methoxy groups -OCH3 is 1. The Kier molecular flexibility index (Phi) is 10.1. The van der Waals surface area contributed by atoms with Gasteiger partial charge < -0.3 is 14.0 Å². The van der Waals surface area contributed by atoms with Crippen molar-refractivity contribution in [2.24, 2.45) is 0 Å². The molecule has 0 spiro atoms. The highest BCUT2D eigenvalue weighted by Crippen LogP contribution is 2.36. The van der Waals surface area contributed by atoms with Crippen molar-refractivity contribution in [3.8, 4) is 11.1 Å². The molecular weight excluding hydrogens is 532 g/mol. The Morgan fingerprint density at radius 2 is 1.74 bits per heavy atom. The standard InChI is InChI=1S/C26H34N2O8S2/c1-6-9-22-16-21(17-35-37(5,29)30)12-13-23(22)24-10-7-8-11-25(24)38(31,32)28(18-34-15-14-33-4)26-19(2)20(3)27-36-26/h7-8,10-13,16H,6,9,14-15,17-18H2,1-5H3. The van der Waals surface area contributed by atoms with E-state index in [1.807, 2.05) is 13.0 Å². The summed E-state index contributed by atoms with van der Waals surface area (Å²) in [6.07, 6.45) is 2.45. The van der Waals surface area contributed by atoms with Crippen LogP contribution >= 0.6 is 0 Å². The number of hydrogen-bond donors (Lipinski definition) is 0. The predicted octanol–water partition coefficient (Wildman–Crippen LogP) is 4.20. The van der Waals surface area contributed by atoms with Crippen LogP contribution in [0.25, 0.3) is 11.1 Å². The van der Waals surface area contributed by atoms with E-state index in [0.717, 1.165) is 28.1 Å². The van der Waals surface area contributed by atoms with E-state index in [4.69, 9.17) is 18.2 Å². The summed E-state index contributed by atoms with van der Waals surface area (Å²) in [4.78, 5) is 0.0706. The first-order valence-electron chi connectivity index (χ1n) is 12.1. The lowest BCUT2D eigenvalue weighted by atomic mass is 9.95. The number of nitrogens with zero attached hydrogens (tertiary/aromatic N) is 2. The quantitative estimate of drug-likeness (QED) is 0.160. The van der Waals surface area contributed by atoms with Crippen LogP contribution in [0, 0.1) is 13.8 Å². The monoisotopic (exact) mass is 566 g/mol. The average Bonchev–Trinajstić information content (AvgIpc) is 3.20. The molecule has 0 aliphatic rings. The zero-order valence-corrected chi connectivity index (χ0v) is 23.9. The number of aryl methyl sites for hydroxylation is 2. The van der Waals surface area contributed by atoms with Crippen LogP contribution in [0.3, 0.4) is 0 Å². The van der Waals surface area contributed by atoms with E-state index in [2.05, 4.69) is 5.16 Å². The Balaban J connectivity index is 2.10. The van der Waals surface area contributed by atoms with Gasteiger partial charge in [-0.2, -0.15) is 8.42 Å². The first-order valence-corrected chi connectivity index (χ1v) is 15.3. The Morgan fingerprint density at radius 1 is 1.00 bits per heavy atom. The molecule has 1 heterocycles. The lowest BCUT2D eigenvalue weighted by Crippen LogP contribution is -2.34. The number of anilines is 1. The predicted molar refractivity (Wildman–Crippen MR) is 144 cm³/mol. The van der Waals surface area contributed by atoms with E-state index in [0.29, 0.717) is 35.4 Å². The zero-order valence-electron chi connectivity index (χ0n) is 22.3. The first-order chi connectivity index (χ1) is 18.0. The first kappa shape index (κ1) is 29.8. The molecule has 1 aromatic heterocycles. The van der Waals surface area contributed by atoms with Gasteiger partial charge in [0.15, 0.2) is 0 Å². The Labute approximate surface area is 224 Å². The summed E-state index contributed by atoms with van der Waals surface area (Å²) in [5.74, 6) is 0.0803. The van der Waals surface area contributed by atoms with Crippen molar-refractivity contribution in [2.75, 3.05) is 37.6 Å². The van der Waals surface area contributed by atoms with Crippen LogP contribution in [-0.4, -0.2) is 55.3 Å². The normalized spacial score (nSPS) is 12.1. The molecule has 12 heteroatoms. The molecule has 10 nitrogen and oxygen atoms in total. The van der Waals surface area contributed by atoms with E-state index in [1.165, 1.54) is 7.11 Å². The topological polar surface area (TPSA) is 125 Å². The van der Waals surface area contributed by atoms with E-state index < -0.39 is 20.1 Å². The summed E-state index contributed by atoms with van der Waals surface area (Å²) in [5.41, 5.74) is 3.93. The van der Waals surface area contributed by atoms with Gasteiger partial charge in [0.2, 0.25) is 5.88 Å². The minimum Gasteiger partial charge on any atom is -0.382 e. The number of aromatic nitrogens is 1. The van der Waals surface area contributed by atoms with Gasteiger partial charge in [0.1, 0.15) is 6.73 Å². The Bertz CT molecular complexity index is 1450. The maximum absolute atomic E-state index is 14.1. The summed E-state index contributed by atoms with van der Waals surface area (Å²) < 4.78 is 73.3. The van der Waals surface area contributed by atoms with Gasteiger partial charge in [0.05, 0.1) is 36.7 Å². The molecule has 0 bridgehead atoms. The number of hydrogen-bond acceptors (Lipinski definition) is 9. The van der Waals surface area contributed by atoms with Crippen molar-refractivity contribution in [2.45, 2.75) is 45.1 Å². The van der Waals surface area contributed by atoms with Gasteiger partial charge in [-0.05, 0) is 43.0 Å². The largest absolute Gasteiger partial charge is 0.382 e. The third-order valence-electron chi connectivity index (χ3n) is 5.87. The SMILES string of the molecule is CCCc1cc(COS(C)(=O)=O)ccc1-c1ccccc1S(=O)(=O)N(COCCOC)c1onc(C)c1C. The highest BCUT2D eigenvalue weighted by Gasteiger charge is 2.32. The Morgan fingerprint density at radius 3 is 2.37 bits per heavy atom. The number of rotatable bonds is 14. The number of sulfonamides is 1. The van der Waals surface area contributed by atoms with Gasteiger partial charge in [0, 0.05) is 18.2 Å². The number of ether oxygens (including phenoxy) is 2. The molecule has 3 aromatic rings. The molecule has 0 aliphatic carbocycles. The fourth-order valence-electron chi connectivity index (χ4n) is 3.85. The third-order valence-corrected chi connectivity index (χ3v) is 8.18. The van der Waals surface area contributed by atoms with Crippen LogP contribution in [0.2, 0.25) is 0 Å². The molecule has 0 fully saturated rings. The van der Waals surface area contributed by atoms with Gasteiger partial charge in [0.25, 0.3) is 20.1 Å². The van der Waals surface area contributed by atoms with Crippen molar-refractivity contribution in [3.05, 3.63) is 64.8 Å². The molecule has 208 valence electrons. The highest BCUT2D eigenvalue weighted by atomic mass is 32.2. The van der Waals surface area contributed by atoms with Crippen molar-refractivity contribution in [3.63, 3.8) is 0 Å². The van der Waals surface area contributed by atoms with Crippen molar-refractivity contribution in [1.82, 2.24) is 5.16 Å². The molecule has 0 aliphatic heterocycles. The van der Waals surface area contributed by atoms with Crippen LogP contribution < -0.4 is 4.31 Å². The zero-order chi connectivity index (χ0) is 27.9. The van der Waals surface area contributed by atoms with Crippen LogP contribution in [0.5, 0.6) is 0 Å². The maximum atomic E-state index is 14.1. The van der Waals surface area contributed by atoms with E-state index in [1.54, 1.807) is 50.2 Å². The molecule has 0 saturated carbocycles. The van der Waals surface area contributed by atoms with Crippen LogP contribution in [-0.2, 0) is 46.8 Å². The fourth-order valence-corrected chi connectivity index (χ4v) is 5.74. The summed E-state index contributed by atoms with van der Waals surface area (Å²) in [7, 11) is -6.24. The number of benzene rings is 2. The molecule has 0 unspecified atom stereocenters. The summed E-state index contributed by atoms with van der Waals surface area (Å²) in [6.45, 7) is 5.58. The summed E-state index contributed by atoms with van der Waals surface area (Å²) in [5, 5.41) is 3.94. The fraction of sp³-hybridized carbons (Fsp3) is 0.423. The molecule has 0 saturated heterocycles. The Hall–Kier alpha value is -2.77. The maximum Gasteiger partial charge on any atom is 0.269 e. The van der Waals surface area contributed by atoms with Gasteiger partial charge in [-0.3, -0.25) is 4.18 Å². The van der Waals surface area contributed by atoms with Crippen LogP contribution in [0.1, 0.15) is 35.7 Å². The molecule has 38 heavy (non-hydrogen) atoms. The van der Waals surface area contributed by atoms with E-state index in [-0.39, 0.29) is 30.7 Å². The van der Waals surface area contributed by atoms with Crippen LogP contribution in [0.4, 0.5) is 5.88 Å². The molecule has 0 N–H and O–H groups in total. The highest BCUT2D eigenvalue weighted by molar-refractivity contribution is 7.93. The molecule has 2 aromatic carbocycles. The second kappa shape index (κ2) is 12.9. The van der Waals surface area contributed by atoms with Crippen molar-refractivity contribution >= 4 is 26.0 Å². The lowest BCUT2D eigenvalue weighted by molar-refractivity contribution is 0.0744. The minimum atomic E-state index is -4.17. The molecule has 0 amide bonds. The smallest absolute Gasteiger partial charge is 0.269 e. The summed E-state index contributed by atoms with van der Waals surface area (Å²) in [6, 6.07) is 12.1. The summed E-state index contributed by atoms with van der Waals surface area (Å²) >= 11 is 0. The van der Waals surface area contributed by atoms with Gasteiger partial charge in [-0.25, -0.2) is 12.7 Å². The van der Waals surface area contributed by atoms with E-state index >= 15 is 0 Å². The van der Waals surface area contributed by atoms with Gasteiger partial charge >= 0.3 is 0 Å². The van der Waals surface area contributed by atoms with E-state index in [9.17, 15) is 16.8 Å². The van der Waals surface area contributed by atoms with Crippen LogP contribution in [0.15, 0.2) is 51.9 Å². The lowest BCUT2D eigenvalue weighted by Gasteiger charge is -2.24. The molecular formula is C26H34N2O8S2. The minimum absolute atomic E-state index is 0.0706. The van der Waals surface area contributed by atoms with Crippen molar-refractivity contribution < 1.29 is 35.0 Å². The average molecular weight is 567 g/mol. The third kappa shape index (κ3) is 7.20. The van der Waals surface area contributed by atoms with Gasteiger partial charge in [-0.15, -0.1) is 0 Å².